The number of aromatic nitrogens is 1. The second-order valence-corrected chi connectivity index (χ2v) is 7.05. The number of halogens is 1. The number of nitrogens with one attached hydrogen (secondary N) is 1. The van der Waals surface area contributed by atoms with Crippen LogP contribution in [0.3, 0.4) is 0 Å². The zero-order valence-electron chi connectivity index (χ0n) is 14.9. The molecule has 0 radical (unpaired) electrons. The molecule has 0 bridgehead atoms. The minimum absolute atomic E-state index is 0.100. The van der Waals surface area contributed by atoms with Crippen LogP contribution >= 0.6 is 15.9 Å². The van der Waals surface area contributed by atoms with Crippen molar-refractivity contribution in [2.24, 2.45) is 0 Å². The highest BCUT2D eigenvalue weighted by Crippen LogP contribution is 2.28. The molecule has 0 saturated heterocycles. The molecule has 3 aromatic rings. The van der Waals surface area contributed by atoms with E-state index in [9.17, 15) is 4.79 Å². The van der Waals surface area contributed by atoms with E-state index < -0.39 is 0 Å². The fourth-order valence-electron chi connectivity index (χ4n) is 3.03. The maximum absolute atomic E-state index is 11.9. The summed E-state index contributed by atoms with van der Waals surface area (Å²) in [6, 6.07) is 15.8. The monoisotopic (exact) mass is 414 g/mol. The first kappa shape index (κ1) is 18.7. The Labute approximate surface area is 162 Å². The molecule has 0 aliphatic rings. The van der Waals surface area contributed by atoms with Crippen LogP contribution < -0.4 is 10.1 Å². The molecule has 136 valence electrons. The zero-order valence-corrected chi connectivity index (χ0v) is 16.5. The largest absolute Gasteiger partial charge is 0.492 e. The molecule has 3 rings (SSSR count). The predicted octanol–water partition coefficient (Wildman–Crippen LogP) is 4.67. The van der Waals surface area contributed by atoms with Gasteiger partial charge in [-0.3, -0.25) is 4.79 Å². The van der Waals surface area contributed by atoms with Crippen LogP contribution in [0.15, 0.2) is 59.2 Å². The second kappa shape index (κ2) is 9.01. The molecule has 5 heteroatoms. The van der Waals surface area contributed by atoms with E-state index in [0.29, 0.717) is 6.61 Å². The van der Waals surface area contributed by atoms with Crippen LogP contribution in [0, 0.1) is 0 Å². The number of carbonyl (C=O) groups is 1. The molecular formula is C21H23BrN2O2. The van der Waals surface area contributed by atoms with Crippen molar-refractivity contribution in [1.82, 2.24) is 9.88 Å². The Bertz CT molecular complexity index is 874. The minimum atomic E-state index is 0.100. The molecule has 1 aromatic heterocycles. The van der Waals surface area contributed by atoms with Gasteiger partial charge in [0.25, 0.3) is 0 Å². The summed E-state index contributed by atoms with van der Waals surface area (Å²) in [7, 11) is 0. The van der Waals surface area contributed by atoms with Gasteiger partial charge in [0.1, 0.15) is 12.4 Å². The SMILES string of the molecule is CC(=O)c1cn(CCCNCCOc2ccccc2)c2c(Br)cccc12. The number of benzene rings is 2. The van der Waals surface area contributed by atoms with E-state index in [1.807, 2.05) is 54.7 Å². The van der Waals surface area contributed by atoms with E-state index in [-0.39, 0.29) is 5.78 Å². The lowest BCUT2D eigenvalue weighted by molar-refractivity contribution is 0.101. The molecule has 4 nitrogen and oxygen atoms in total. The van der Waals surface area contributed by atoms with Crippen LogP contribution in [0.2, 0.25) is 0 Å². The van der Waals surface area contributed by atoms with Crippen LogP contribution in [0.5, 0.6) is 5.75 Å². The van der Waals surface area contributed by atoms with Crippen LogP contribution in [0.4, 0.5) is 0 Å². The molecule has 0 atom stereocenters. The first-order valence-electron chi connectivity index (χ1n) is 8.83. The van der Waals surface area contributed by atoms with Gasteiger partial charge >= 0.3 is 0 Å². The van der Waals surface area contributed by atoms with E-state index in [1.165, 1.54) is 0 Å². The smallest absolute Gasteiger partial charge is 0.161 e. The Balaban J connectivity index is 1.48. The van der Waals surface area contributed by atoms with Crippen LogP contribution in [-0.4, -0.2) is 30.0 Å². The first-order chi connectivity index (χ1) is 12.7. The highest BCUT2D eigenvalue weighted by molar-refractivity contribution is 9.10. The van der Waals surface area contributed by atoms with Crippen molar-refractivity contribution in [2.75, 3.05) is 19.7 Å². The van der Waals surface area contributed by atoms with Gasteiger partial charge in [0, 0.05) is 34.7 Å². The number of aryl methyl sites for hydroxylation is 1. The van der Waals surface area contributed by atoms with Crippen molar-refractivity contribution < 1.29 is 9.53 Å². The first-order valence-corrected chi connectivity index (χ1v) is 9.63. The number of carbonyl (C=O) groups excluding carboxylic acids is 1. The Morgan fingerprint density at radius 3 is 2.69 bits per heavy atom. The molecule has 2 aromatic carbocycles. The Kier molecular flexibility index (Phi) is 6.47. The molecule has 0 aliphatic carbocycles. The predicted molar refractivity (Wildman–Crippen MR) is 109 cm³/mol. The number of nitrogens with zero attached hydrogens (tertiary/aromatic N) is 1. The highest BCUT2D eigenvalue weighted by atomic mass is 79.9. The van der Waals surface area contributed by atoms with Crippen molar-refractivity contribution in [3.05, 3.63) is 64.8 Å². The van der Waals surface area contributed by atoms with Crippen LogP contribution in [-0.2, 0) is 6.54 Å². The van der Waals surface area contributed by atoms with E-state index in [1.54, 1.807) is 6.92 Å². The van der Waals surface area contributed by atoms with Gasteiger partial charge in [-0.15, -0.1) is 0 Å². The molecule has 0 amide bonds. The lowest BCUT2D eigenvalue weighted by Crippen LogP contribution is -2.23. The van der Waals surface area contributed by atoms with Gasteiger partial charge in [-0.2, -0.15) is 0 Å². The number of para-hydroxylation sites is 2. The van der Waals surface area contributed by atoms with Crippen molar-refractivity contribution in [3.63, 3.8) is 0 Å². The number of rotatable bonds is 9. The van der Waals surface area contributed by atoms with Gasteiger partial charge in [-0.25, -0.2) is 0 Å². The topological polar surface area (TPSA) is 43.3 Å². The molecule has 0 unspecified atom stereocenters. The van der Waals surface area contributed by atoms with Crippen molar-refractivity contribution in [2.45, 2.75) is 19.9 Å². The summed E-state index contributed by atoms with van der Waals surface area (Å²) in [5, 5.41) is 4.41. The molecule has 0 saturated carbocycles. The standard InChI is InChI=1S/C21H23BrN2O2/c1-16(25)19-15-24(21-18(19)9-5-10-20(21)22)13-6-11-23-12-14-26-17-7-3-2-4-8-17/h2-5,7-10,15,23H,6,11-14H2,1H3. The number of fused-ring (bicyclic) bond motifs is 1. The summed E-state index contributed by atoms with van der Waals surface area (Å²) in [5.41, 5.74) is 1.87. The number of Topliss-reactive ketones (excluding diaryl/α,β-unsaturated/α-hetero) is 1. The Hall–Kier alpha value is -2.11. The molecule has 1 heterocycles. The minimum Gasteiger partial charge on any atom is -0.492 e. The van der Waals surface area contributed by atoms with E-state index >= 15 is 0 Å². The van der Waals surface area contributed by atoms with Gasteiger partial charge in [0.2, 0.25) is 0 Å². The Morgan fingerprint density at radius 1 is 1.12 bits per heavy atom. The molecule has 1 N–H and O–H groups in total. The van der Waals surface area contributed by atoms with E-state index in [4.69, 9.17) is 4.74 Å². The maximum atomic E-state index is 11.9. The Morgan fingerprint density at radius 2 is 1.92 bits per heavy atom. The number of ketones is 1. The van der Waals surface area contributed by atoms with Crippen molar-refractivity contribution in [1.29, 1.82) is 0 Å². The molecule has 0 fully saturated rings. The zero-order chi connectivity index (χ0) is 18.4. The third-order valence-electron chi connectivity index (χ3n) is 4.27. The maximum Gasteiger partial charge on any atom is 0.161 e. The molecular weight excluding hydrogens is 392 g/mol. The molecule has 26 heavy (non-hydrogen) atoms. The van der Waals surface area contributed by atoms with E-state index in [0.717, 1.165) is 52.7 Å². The lowest BCUT2D eigenvalue weighted by atomic mass is 10.1. The van der Waals surface area contributed by atoms with Gasteiger partial charge in [-0.05, 0) is 54.0 Å². The summed E-state index contributed by atoms with van der Waals surface area (Å²) in [5.74, 6) is 0.998. The number of ether oxygens (including phenoxy) is 1. The van der Waals surface area contributed by atoms with Crippen LogP contribution in [0.25, 0.3) is 10.9 Å². The van der Waals surface area contributed by atoms with Gasteiger partial charge in [0.05, 0.1) is 5.52 Å². The van der Waals surface area contributed by atoms with E-state index in [2.05, 4.69) is 25.8 Å². The fourth-order valence-corrected chi connectivity index (χ4v) is 3.62. The van der Waals surface area contributed by atoms with Crippen molar-refractivity contribution >= 4 is 32.6 Å². The average Bonchev–Trinajstić information content (AvgIpc) is 3.02. The van der Waals surface area contributed by atoms with Crippen LogP contribution in [0.1, 0.15) is 23.7 Å². The molecule has 0 spiro atoms. The summed E-state index contributed by atoms with van der Waals surface area (Å²) in [4.78, 5) is 11.9. The highest BCUT2D eigenvalue weighted by Gasteiger charge is 2.13. The summed E-state index contributed by atoms with van der Waals surface area (Å²) in [6.45, 7) is 4.84. The third-order valence-corrected chi connectivity index (χ3v) is 4.91. The normalized spacial score (nSPS) is 11.0. The van der Waals surface area contributed by atoms with Gasteiger partial charge < -0.3 is 14.6 Å². The lowest BCUT2D eigenvalue weighted by Gasteiger charge is -2.09. The number of hydrogen-bond acceptors (Lipinski definition) is 3. The fraction of sp³-hybridized carbons (Fsp3) is 0.286. The number of hydrogen-bond donors (Lipinski definition) is 1. The summed E-state index contributed by atoms with van der Waals surface area (Å²) < 4.78 is 8.85. The third kappa shape index (κ3) is 4.54. The van der Waals surface area contributed by atoms with Gasteiger partial charge in [-0.1, -0.05) is 30.3 Å². The quantitative estimate of drug-likeness (QED) is 0.408. The molecule has 0 aliphatic heterocycles. The summed E-state index contributed by atoms with van der Waals surface area (Å²) in [6.07, 6.45) is 2.95. The van der Waals surface area contributed by atoms with Gasteiger partial charge in [0.15, 0.2) is 5.78 Å². The van der Waals surface area contributed by atoms with Crippen molar-refractivity contribution in [3.8, 4) is 5.75 Å². The summed E-state index contributed by atoms with van der Waals surface area (Å²) >= 11 is 3.61. The average molecular weight is 415 g/mol. The second-order valence-electron chi connectivity index (χ2n) is 6.19.